The maximum atomic E-state index is 10.7. The molecule has 0 radical (unpaired) electrons. The molecule has 0 spiro atoms. The van der Waals surface area contributed by atoms with E-state index in [0.717, 1.165) is 23.6 Å². The van der Waals surface area contributed by atoms with Gasteiger partial charge in [-0.05, 0) is 6.07 Å². The van der Waals surface area contributed by atoms with Crippen LogP contribution in [-0.2, 0) is 6.54 Å². The Morgan fingerprint density at radius 1 is 1.58 bits per heavy atom. The van der Waals surface area contributed by atoms with E-state index in [4.69, 9.17) is 4.74 Å². The van der Waals surface area contributed by atoms with Crippen molar-refractivity contribution < 1.29 is 9.66 Å². The van der Waals surface area contributed by atoms with E-state index in [1.807, 2.05) is 6.08 Å². The van der Waals surface area contributed by atoms with Crippen LogP contribution in [0.15, 0.2) is 30.9 Å². The second-order valence-corrected chi connectivity index (χ2v) is 4.94. The molecule has 0 aliphatic heterocycles. The first-order chi connectivity index (χ1) is 9.19. The summed E-state index contributed by atoms with van der Waals surface area (Å²) in [6.45, 7) is 5.05. The summed E-state index contributed by atoms with van der Waals surface area (Å²) in [6, 6.07) is 4.62. The SMILES string of the molecule is C=CCSCCNCc1cc([N+](=O)[O-])ccc1OC. The van der Waals surface area contributed by atoms with Gasteiger partial charge in [-0.1, -0.05) is 6.08 Å². The van der Waals surface area contributed by atoms with Crippen molar-refractivity contribution in [2.75, 3.05) is 25.2 Å². The molecule has 0 atom stereocenters. The Morgan fingerprint density at radius 3 is 3.00 bits per heavy atom. The molecule has 1 aromatic rings. The number of hydrogen-bond acceptors (Lipinski definition) is 5. The molecule has 19 heavy (non-hydrogen) atoms. The first kappa shape index (κ1) is 15.5. The van der Waals surface area contributed by atoms with E-state index < -0.39 is 4.92 Å². The number of thioether (sulfide) groups is 1. The van der Waals surface area contributed by atoms with Gasteiger partial charge in [0.05, 0.1) is 12.0 Å². The van der Waals surface area contributed by atoms with Gasteiger partial charge < -0.3 is 10.1 Å². The normalized spacial score (nSPS) is 10.2. The number of hydrogen-bond donors (Lipinski definition) is 1. The highest BCUT2D eigenvalue weighted by atomic mass is 32.2. The third-order valence-electron chi connectivity index (χ3n) is 2.45. The standard InChI is InChI=1S/C13H18N2O3S/c1-3-7-19-8-6-14-10-11-9-12(15(16)17)4-5-13(11)18-2/h3-5,9,14H,1,6-8,10H2,2H3. The maximum Gasteiger partial charge on any atom is 0.270 e. The van der Waals surface area contributed by atoms with Gasteiger partial charge in [0.25, 0.3) is 5.69 Å². The number of non-ortho nitro benzene ring substituents is 1. The first-order valence-electron chi connectivity index (χ1n) is 5.89. The number of benzene rings is 1. The molecule has 0 amide bonds. The minimum atomic E-state index is -0.400. The number of ether oxygens (including phenoxy) is 1. The smallest absolute Gasteiger partial charge is 0.270 e. The number of nitro groups is 1. The average Bonchev–Trinajstić information content (AvgIpc) is 2.42. The van der Waals surface area contributed by atoms with Gasteiger partial charge in [-0.3, -0.25) is 10.1 Å². The molecule has 1 rings (SSSR count). The van der Waals surface area contributed by atoms with Crippen LogP contribution < -0.4 is 10.1 Å². The zero-order valence-electron chi connectivity index (χ0n) is 10.9. The molecular formula is C13H18N2O3S. The number of methoxy groups -OCH3 is 1. The summed E-state index contributed by atoms with van der Waals surface area (Å²) in [7, 11) is 1.56. The maximum absolute atomic E-state index is 10.7. The quantitative estimate of drug-likeness (QED) is 0.326. The second kappa shape index (κ2) is 8.55. The van der Waals surface area contributed by atoms with Gasteiger partial charge in [-0.25, -0.2) is 0 Å². The molecule has 0 saturated carbocycles. The zero-order chi connectivity index (χ0) is 14.1. The number of nitro benzene ring substituents is 1. The summed E-state index contributed by atoms with van der Waals surface area (Å²) in [5, 5.41) is 14.0. The molecule has 0 aromatic heterocycles. The molecule has 1 aromatic carbocycles. The first-order valence-corrected chi connectivity index (χ1v) is 7.05. The second-order valence-electron chi connectivity index (χ2n) is 3.79. The molecule has 0 heterocycles. The molecule has 0 bridgehead atoms. The lowest BCUT2D eigenvalue weighted by atomic mass is 10.1. The topological polar surface area (TPSA) is 64.4 Å². The lowest BCUT2D eigenvalue weighted by Crippen LogP contribution is -2.17. The molecule has 6 heteroatoms. The third-order valence-corrected chi connectivity index (χ3v) is 3.41. The van der Waals surface area contributed by atoms with Crippen molar-refractivity contribution in [3.05, 3.63) is 46.5 Å². The number of nitrogens with one attached hydrogen (secondary N) is 1. The monoisotopic (exact) mass is 282 g/mol. The van der Waals surface area contributed by atoms with Crippen molar-refractivity contribution >= 4 is 17.4 Å². The fraction of sp³-hybridized carbons (Fsp3) is 0.385. The van der Waals surface area contributed by atoms with E-state index in [2.05, 4.69) is 11.9 Å². The minimum absolute atomic E-state index is 0.0821. The number of rotatable bonds is 9. The van der Waals surface area contributed by atoms with Crippen LogP contribution in [0.4, 0.5) is 5.69 Å². The van der Waals surface area contributed by atoms with Crippen LogP contribution >= 0.6 is 11.8 Å². The Kier molecular flexibility index (Phi) is 6.99. The van der Waals surface area contributed by atoms with E-state index in [-0.39, 0.29) is 5.69 Å². The van der Waals surface area contributed by atoms with Crippen LogP contribution in [0.5, 0.6) is 5.75 Å². The van der Waals surface area contributed by atoms with Crippen molar-refractivity contribution in [2.24, 2.45) is 0 Å². The Balaban J connectivity index is 2.53. The van der Waals surface area contributed by atoms with Gasteiger partial charge in [-0.2, -0.15) is 11.8 Å². The zero-order valence-corrected chi connectivity index (χ0v) is 11.7. The van der Waals surface area contributed by atoms with Crippen LogP contribution in [0.1, 0.15) is 5.56 Å². The van der Waals surface area contributed by atoms with Gasteiger partial charge in [0.15, 0.2) is 0 Å². The predicted octanol–water partition coefficient (Wildman–Crippen LogP) is 2.61. The largest absolute Gasteiger partial charge is 0.496 e. The van der Waals surface area contributed by atoms with Crippen LogP contribution in [0.2, 0.25) is 0 Å². The van der Waals surface area contributed by atoms with Crippen LogP contribution in [0.25, 0.3) is 0 Å². The Hall–Kier alpha value is -1.53. The van der Waals surface area contributed by atoms with Gasteiger partial charge >= 0.3 is 0 Å². The average molecular weight is 282 g/mol. The van der Waals surface area contributed by atoms with Gasteiger partial charge in [-0.15, -0.1) is 6.58 Å². The molecule has 5 nitrogen and oxygen atoms in total. The van der Waals surface area contributed by atoms with E-state index >= 15 is 0 Å². The highest BCUT2D eigenvalue weighted by Crippen LogP contribution is 2.23. The van der Waals surface area contributed by atoms with Crippen molar-refractivity contribution in [1.82, 2.24) is 5.32 Å². The van der Waals surface area contributed by atoms with E-state index in [1.165, 1.54) is 6.07 Å². The van der Waals surface area contributed by atoms with E-state index in [1.54, 1.807) is 31.0 Å². The highest BCUT2D eigenvalue weighted by Gasteiger charge is 2.10. The fourth-order valence-corrected chi connectivity index (χ4v) is 2.17. The lowest BCUT2D eigenvalue weighted by Gasteiger charge is -2.09. The van der Waals surface area contributed by atoms with Gasteiger partial charge in [0, 0.05) is 42.3 Å². The van der Waals surface area contributed by atoms with Crippen LogP contribution in [0, 0.1) is 10.1 Å². The molecule has 0 fully saturated rings. The van der Waals surface area contributed by atoms with Gasteiger partial charge in [0.1, 0.15) is 5.75 Å². The predicted molar refractivity (Wildman–Crippen MR) is 78.9 cm³/mol. The van der Waals surface area contributed by atoms with E-state index in [0.29, 0.717) is 12.3 Å². The van der Waals surface area contributed by atoms with E-state index in [9.17, 15) is 10.1 Å². The minimum Gasteiger partial charge on any atom is -0.496 e. The molecule has 1 N–H and O–H groups in total. The molecule has 0 unspecified atom stereocenters. The third kappa shape index (κ3) is 5.32. The van der Waals surface area contributed by atoms with Crippen molar-refractivity contribution in [3.8, 4) is 5.75 Å². The van der Waals surface area contributed by atoms with Crippen LogP contribution in [0.3, 0.4) is 0 Å². The number of nitrogens with zero attached hydrogens (tertiary/aromatic N) is 1. The molecule has 104 valence electrons. The summed E-state index contributed by atoms with van der Waals surface area (Å²) in [6.07, 6.45) is 1.87. The Bertz CT molecular complexity index is 438. The lowest BCUT2D eigenvalue weighted by molar-refractivity contribution is -0.384. The molecule has 0 aliphatic rings. The summed E-state index contributed by atoms with van der Waals surface area (Å²) >= 11 is 1.79. The molecule has 0 saturated heterocycles. The summed E-state index contributed by atoms with van der Waals surface area (Å²) in [5.74, 6) is 2.57. The van der Waals surface area contributed by atoms with Crippen molar-refractivity contribution in [2.45, 2.75) is 6.54 Å². The van der Waals surface area contributed by atoms with Gasteiger partial charge in [0.2, 0.25) is 0 Å². The van der Waals surface area contributed by atoms with Crippen molar-refractivity contribution in [1.29, 1.82) is 0 Å². The molecular weight excluding hydrogens is 264 g/mol. The van der Waals surface area contributed by atoms with Crippen LogP contribution in [-0.4, -0.2) is 30.1 Å². The summed E-state index contributed by atoms with van der Waals surface area (Å²) < 4.78 is 5.19. The summed E-state index contributed by atoms with van der Waals surface area (Å²) in [5.41, 5.74) is 0.879. The fourth-order valence-electron chi connectivity index (χ4n) is 1.55. The Labute approximate surface area is 117 Å². The molecule has 0 aliphatic carbocycles. The van der Waals surface area contributed by atoms with Crippen molar-refractivity contribution in [3.63, 3.8) is 0 Å². The summed E-state index contributed by atoms with van der Waals surface area (Å²) in [4.78, 5) is 10.3. The Morgan fingerprint density at radius 2 is 2.37 bits per heavy atom. The highest BCUT2D eigenvalue weighted by molar-refractivity contribution is 7.99.